The van der Waals surface area contributed by atoms with Crippen LogP contribution in [0, 0.1) is 6.92 Å². The maximum Gasteiger partial charge on any atom is 0.303 e. The van der Waals surface area contributed by atoms with Crippen molar-refractivity contribution < 1.29 is 14.7 Å². The van der Waals surface area contributed by atoms with Crippen LogP contribution < -0.4 is 5.32 Å². The third-order valence-corrected chi connectivity index (χ3v) is 5.03. The first kappa shape index (κ1) is 19.7. The fourth-order valence-electron chi connectivity index (χ4n) is 3.54. The van der Waals surface area contributed by atoms with Gasteiger partial charge in [-0.05, 0) is 42.9 Å². The Morgan fingerprint density at radius 3 is 2.61 bits per heavy atom. The molecule has 3 N–H and O–H groups in total. The van der Waals surface area contributed by atoms with Crippen molar-refractivity contribution in [2.45, 2.75) is 45.1 Å². The van der Waals surface area contributed by atoms with E-state index in [-0.39, 0.29) is 18.4 Å². The number of aromatic nitrogens is 1. The number of hydrogen-bond donors (Lipinski definition) is 3. The lowest BCUT2D eigenvalue weighted by Crippen LogP contribution is -2.37. The number of aliphatic carboxylic acids is 1. The fraction of sp³-hybridized carbons (Fsp3) is 0.304. The average molecular weight is 378 g/mol. The monoisotopic (exact) mass is 378 g/mol. The maximum atomic E-state index is 12.5. The Kier molecular flexibility index (Phi) is 6.48. The zero-order valence-electron chi connectivity index (χ0n) is 16.1. The molecule has 3 aromatic rings. The summed E-state index contributed by atoms with van der Waals surface area (Å²) in [6.45, 7) is 2.06. The highest BCUT2D eigenvalue weighted by Crippen LogP contribution is 2.22. The van der Waals surface area contributed by atoms with Crippen molar-refractivity contribution in [3.05, 3.63) is 71.4 Å². The van der Waals surface area contributed by atoms with Gasteiger partial charge in [0, 0.05) is 36.0 Å². The van der Waals surface area contributed by atoms with Crippen LogP contribution in [0.15, 0.2) is 54.7 Å². The Morgan fingerprint density at radius 2 is 1.86 bits per heavy atom. The quantitative estimate of drug-likeness (QED) is 0.526. The molecule has 2 aromatic carbocycles. The molecule has 1 atom stereocenters. The van der Waals surface area contributed by atoms with E-state index in [4.69, 9.17) is 5.11 Å². The van der Waals surface area contributed by atoms with Crippen LogP contribution in [-0.4, -0.2) is 28.0 Å². The van der Waals surface area contributed by atoms with Gasteiger partial charge >= 0.3 is 5.97 Å². The van der Waals surface area contributed by atoms with E-state index in [1.54, 1.807) is 0 Å². The summed E-state index contributed by atoms with van der Waals surface area (Å²) in [5.41, 5.74) is 4.51. The standard InChI is InChI=1S/C23H26N2O3/c1-16-6-5-9-20-18(15-24-23(16)20)10-12-21(26)25-19(11-13-22(27)28)14-17-7-3-2-4-8-17/h2-9,15,19,24H,10-14H2,1H3,(H,25,26)(H,27,28). The summed E-state index contributed by atoms with van der Waals surface area (Å²) in [5.74, 6) is -0.894. The van der Waals surface area contributed by atoms with Gasteiger partial charge in [0.1, 0.15) is 0 Å². The number of benzene rings is 2. The molecule has 3 rings (SSSR count). The second-order valence-electron chi connectivity index (χ2n) is 7.20. The summed E-state index contributed by atoms with van der Waals surface area (Å²) in [6.07, 6.45) is 4.08. The van der Waals surface area contributed by atoms with Crippen molar-refractivity contribution in [3.8, 4) is 0 Å². The number of carboxylic acids is 1. The number of para-hydroxylation sites is 1. The van der Waals surface area contributed by atoms with Crippen LogP contribution in [0.3, 0.4) is 0 Å². The lowest BCUT2D eigenvalue weighted by atomic mass is 10.0. The number of carboxylic acid groups (broad SMARTS) is 1. The minimum absolute atomic E-state index is 0.0412. The van der Waals surface area contributed by atoms with Crippen LogP contribution >= 0.6 is 0 Å². The zero-order valence-corrected chi connectivity index (χ0v) is 16.1. The fourth-order valence-corrected chi connectivity index (χ4v) is 3.54. The normalized spacial score (nSPS) is 12.0. The van der Waals surface area contributed by atoms with E-state index in [0.717, 1.165) is 22.0 Å². The van der Waals surface area contributed by atoms with E-state index >= 15 is 0 Å². The molecule has 0 saturated carbocycles. The number of hydrogen-bond acceptors (Lipinski definition) is 2. The second kappa shape index (κ2) is 9.22. The van der Waals surface area contributed by atoms with E-state index in [0.29, 0.717) is 25.7 Å². The van der Waals surface area contributed by atoms with E-state index in [9.17, 15) is 9.59 Å². The first-order valence-corrected chi connectivity index (χ1v) is 9.63. The summed E-state index contributed by atoms with van der Waals surface area (Å²) < 4.78 is 0. The van der Waals surface area contributed by atoms with Gasteiger partial charge in [0.05, 0.1) is 0 Å². The molecule has 146 valence electrons. The minimum atomic E-state index is -0.846. The highest BCUT2D eigenvalue weighted by molar-refractivity contribution is 5.86. The Hall–Kier alpha value is -3.08. The number of fused-ring (bicyclic) bond motifs is 1. The molecule has 0 aliphatic rings. The summed E-state index contributed by atoms with van der Waals surface area (Å²) in [5, 5.41) is 13.2. The van der Waals surface area contributed by atoms with Crippen molar-refractivity contribution in [1.29, 1.82) is 0 Å². The largest absolute Gasteiger partial charge is 0.481 e. The molecule has 0 bridgehead atoms. The number of H-pyrrole nitrogens is 1. The number of aryl methyl sites for hydroxylation is 2. The Bertz CT molecular complexity index is 947. The molecule has 1 heterocycles. The summed E-state index contributed by atoms with van der Waals surface area (Å²) in [6, 6.07) is 15.8. The molecule has 1 aromatic heterocycles. The predicted octanol–water partition coefficient (Wildman–Crippen LogP) is 4.00. The number of carbonyl (C=O) groups is 2. The Morgan fingerprint density at radius 1 is 1.07 bits per heavy atom. The van der Waals surface area contributed by atoms with Gasteiger partial charge < -0.3 is 15.4 Å². The van der Waals surface area contributed by atoms with Crippen LogP contribution in [0.2, 0.25) is 0 Å². The van der Waals surface area contributed by atoms with Crippen molar-refractivity contribution in [2.24, 2.45) is 0 Å². The van der Waals surface area contributed by atoms with Crippen molar-refractivity contribution >= 4 is 22.8 Å². The van der Waals surface area contributed by atoms with Crippen molar-refractivity contribution in [2.75, 3.05) is 0 Å². The van der Waals surface area contributed by atoms with Crippen LogP contribution in [0.25, 0.3) is 10.9 Å². The molecule has 0 radical (unpaired) electrons. The lowest BCUT2D eigenvalue weighted by molar-refractivity contribution is -0.137. The smallest absolute Gasteiger partial charge is 0.303 e. The maximum absolute atomic E-state index is 12.5. The van der Waals surface area contributed by atoms with Gasteiger partial charge in [-0.2, -0.15) is 0 Å². The van der Waals surface area contributed by atoms with E-state index in [1.807, 2.05) is 42.6 Å². The van der Waals surface area contributed by atoms with Crippen LogP contribution in [0.4, 0.5) is 0 Å². The third-order valence-electron chi connectivity index (χ3n) is 5.03. The molecule has 0 saturated heterocycles. The van der Waals surface area contributed by atoms with Crippen LogP contribution in [0.1, 0.15) is 36.0 Å². The molecule has 1 unspecified atom stereocenters. The molecule has 0 fully saturated rings. The summed E-state index contributed by atoms with van der Waals surface area (Å²) in [4.78, 5) is 26.8. The van der Waals surface area contributed by atoms with E-state index < -0.39 is 5.97 Å². The van der Waals surface area contributed by atoms with Crippen LogP contribution in [0.5, 0.6) is 0 Å². The highest BCUT2D eigenvalue weighted by Gasteiger charge is 2.15. The van der Waals surface area contributed by atoms with Gasteiger partial charge in [-0.1, -0.05) is 48.5 Å². The molecule has 5 heteroatoms. The molecule has 28 heavy (non-hydrogen) atoms. The second-order valence-corrected chi connectivity index (χ2v) is 7.20. The molecule has 5 nitrogen and oxygen atoms in total. The van der Waals surface area contributed by atoms with Gasteiger partial charge in [-0.15, -0.1) is 0 Å². The van der Waals surface area contributed by atoms with Crippen molar-refractivity contribution in [3.63, 3.8) is 0 Å². The average Bonchev–Trinajstić information content (AvgIpc) is 3.10. The number of amides is 1. The van der Waals surface area contributed by atoms with Gasteiger partial charge in [-0.25, -0.2) is 0 Å². The zero-order chi connectivity index (χ0) is 19.9. The summed E-state index contributed by atoms with van der Waals surface area (Å²) in [7, 11) is 0. The molecule has 0 aliphatic heterocycles. The molecular formula is C23H26N2O3. The Labute approximate surface area is 164 Å². The van der Waals surface area contributed by atoms with E-state index in [2.05, 4.69) is 29.4 Å². The highest BCUT2D eigenvalue weighted by atomic mass is 16.4. The first-order chi connectivity index (χ1) is 13.5. The molecule has 0 aliphatic carbocycles. The van der Waals surface area contributed by atoms with Gasteiger partial charge in [0.25, 0.3) is 0 Å². The summed E-state index contributed by atoms with van der Waals surface area (Å²) >= 11 is 0. The van der Waals surface area contributed by atoms with E-state index in [1.165, 1.54) is 5.56 Å². The number of aromatic amines is 1. The Balaban J connectivity index is 1.60. The van der Waals surface area contributed by atoms with Crippen molar-refractivity contribution in [1.82, 2.24) is 10.3 Å². The number of nitrogens with one attached hydrogen (secondary N) is 2. The SMILES string of the molecule is Cc1cccc2c(CCC(=O)NC(CCC(=O)O)Cc3ccccc3)c[nH]c12. The molecule has 0 spiro atoms. The number of rotatable bonds is 9. The minimum Gasteiger partial charge on any atom is -0.481 e. The third kappa shape index (κ3) is 5.22. The topological polar surface area (TPSA) is 82.2 Å². The van der Waals surface area contributed by atoms with Crippen LogP contribution in [-0.2, 0) is 22.4 Å². The lowest BCUT2D eigenvalue weighted by Gasteiger charge is -2.18. The van der Waals surface area contributed by atoms with Gasteiger partial charge in [0.2, 0.25) is 5.91 Å². The first-order valence-electron chi connectivity index (χ1n) is 9.63. The number of carbonyl (C=O) groups excluding carboxylic acids is 1. The van der Waals surface area contributed by atoms with Gasteiger partial charge in [0.15, 0.2) is 0 Å². The predicted molar refractivity (Wildman–Crippen MR) is 110 cm³/mol. The molecule has 1 amide bonds. The molecular weight excluding hydrogens is 352 g/mol. The van der Waals surface area contributed by atoms with Gasteiger partial charge in [-0.3, -0.25) is 9.59 Å².